The lowest BCUT2D eigenvalue weighted by atomic mass is 9.93. The van der Waals surface area contributed by atoms with Crippen LogP contribution in [0.5, 0.6) is 0 Å². The summed E-state index contributed by atoms with van der Waals surface area (Å²) in [5.41, 5.74) is 1.35. The van der Waals surface area contributed by atoms with E-state index < -0.39 is 0 Å². The maximum absolute atomic E-state index is 4.17. The van der Waals surface area contributed by atoms with Gasteiger partial charge in [0.05, 0.1) is 0 Å². The molecular formula is C15H25N3. The Morgan fingerprint density at radius 3 is 3.06 bits per heavy atom. The molecule has 2 rings (SSSR count). The Morgan fingerprint density at radius 1 is 1.50 bits per heavy atom. The topological polar surface area (TPSA) is 28.2 Å². The van der Waals surface area contributed by atoms with Crippen molar-refractivity contribution in [3.05, 3.63) is 30.1 Å². The van der Waals surface area contributed by atoms with E-state index in [1.54, 1.807) is 0 Å². The molecule has 1 aromatic heterocycles. The van der Waals surface area contributed by atoms with Crippen LogP contribution in [0.1, 0.15) is 25.8 Å². The standard InChI is InChI=1S/C15H25N3/c1-3-17-15-7-10-18(12-13(15)2)9-6-14-5-4-8-16-11-14/h4-5,8,11,13,15,17H,3,6-7,9-10,12H2,1-2H3. The smallest absolute Gasteiger partial charge is 0.0300 e. The van der Waals surface area contributed by atoms with Gasteiger partial charge in [-0.25, -0.2) is 0 Å². The van der Waals surface area contributed by atoms with Crippen molar-refractivity contribution < 1.29 is 0 Å². The van der Waals surface area contributed by atoms with Crippen LogP contribution in [0.15, 0.2) is 24.5 Å². The number of nitrogens with one attached hydrogen (secondary N) is 1. The molecule has 1 fully saturated rings. The van der Waals surface area contributed by atoms with Crippen molar-refractivity contribution in [3.8, 4) is 0 Å². The molecule has 2 heterocycles. The number of rotatable bonds is 5. The first-order valence-corrected chi connectivity index (χ1v) is 7.14. The molecule has 1 saturated heterocycles. The van der Waals surface area contributed by atoms with Crippen LogP contribution in [0.3, 0.4) is 0 Å². The first kappa shape index (κ1) is 13.5. The molecule has 2 unspecified atom stereocenters. The predicted molar refractivity (Wildman–Crippen MR) is 75.6 cm³/mol. The molecule has 1 aromatic rings. The van der Waals surface area contributed by atoms with E-state index in [4.69, 9.17) is 0 Å². The van der Waals surface area contributed by atoms with E-state index in [2.05, 4.69) is 35.1 Å². The minimum atomic E-state index is 0.713. The van der Waals surface area contributed by atoms with Gasteiger partial charge in [0.15, 0.2) is 0 Å². The van der Waals surface area contributed by atoms with E-state index in [9.17, 15) is 0 Å². The normalized spacial score (nSPS) is 25.2. The van der Waals surface area contributed by atoms with Gasteiger partial charge >= 0.3 is 0 Å². The molecular weight excluding hydrogens is 222 g/mol. The van der Waals surface area contributed by atoms with E-state index in [1.165, 1.54) is 25.1 Å². The Hall–Kier alpha value is -0.930. The van der Waals surface area contributed by atoms with Crippen molar-refractivity contribution in [1.82, 2.24) is 15.2 Å². The average Bonchev–Trinajstić information content (AvgIpc) is 2.41. The molecule has 0 spiro atoms. The maximum atomic E-state index is 4.17. The van der Waals surface area contributed by atoms with E-state index in [0.717, 1.165) is 25.4 Å². The highest BCUT2D eigenvalue weighted by molar-refractivity contribution is 5.08. The minimum absolute atomic E-state index is 0.713. The third-order valence-corrected chi connectivity index (χ3v) is 3.90. The number of pyridine rings is 1. The van der Waals surface area contributed by atoms with Gasteiger partial charge in [0.25, 0.3) is 0 Å². The molecule has 0 radical (unpaired) electrons. The second-order valence-electron chi connectivity index (χ2n) is 5.34. The Labute approximate surface area is 111 Å². The van der Waals surface area contributed by atoms with Crippen molar-refractivity contribution >= 4 is 0 Å². The number of nitrogens with zero attached hydrogens (tertiary/aromatic N) is 2. The zero-order valence-electron chi connectivity index (χ0n) is 11.6. The molecule has 100 valence electrons. The maximum Gasteiger partial charge on any atom is 0.0300 e. The molecule has 1 aliphatic rings. The first-order valence-electron chi connectivity index (χ1n) is 7.14. The largest absolute Gasteiger partial charge is 0.314 e. The molecule has 3 nitrogen and oxygen atoms in total. The number of hydrogen-bond donors (Lipinski definition) is 1. The van der Waals surface area contributed by atoms with Crippen LogP contribution in [-0.4, -0.2) is 42.1 Å². The summed E-state index contributed by atoms with van der Waals surface area (Å²) in [4.78, 5) is 6.76. The van der Waals surface area contributed by atoms with Gasteiger partial charge in [-0.2, -0.15) is 0 Å². The molecule has 1 N–H and O–H groups in total. The number of piperidine rings is 1. The molecule has 0 bridgehead atoms. The van der Waals surface area contributed by atoms with Crippen molar-refractivity contribution in [1.29, 1.82) is 0 Å². The Bertz CT molecular complexity index is 339. The van der Waals surface area contributed by atoms with Crippen molar-refractivity contribution in [2.75, 3.05) is 26.2 Å². The van der Waals surface area contributed by atoms with E-state index in [0.29, 0.717) is 6.04 Å². The van der Waals surface area contributed by atoms with Gasteiger partial charge in [0.2, 0.25) is 0 Å². The third kappa shape index (κ3) is 3.79. The lowest BCUT2D eigenvalue weighted by Crippen LogP contribution is -2.48. The Balaban J connectivity index is 1.75. The summed E-state index contributed by atoms with van der Waals surface area (Å²) in [6.07, 6.45) is 6.22. The molecule has 2 atom stereocenters. The van der Waals surface area contributed by atoms with Crippen molar-refractivity contribution in [3.63, 3.8) is 0 Å². The van der Waals surface area contributed by atoms with Crippen LogP contribution in [0.4, 0.5) is 0 Å². The summed E-state index contributed by atoms with van der Waals surface area (Å²) in [6.45, 7) is 9.25. The van der Waals surface area contributed by atoms with Gasteiger partial charge in [-0.05, 0) is 43.5 Å². The quantitative estimate of drug-likeness (QED) is 0.862. The fourth-order valence-electron chi connectivity index (χ4n) is 2.83. The van der Waals surface area contributed by atoms with Crippen LogP contribution in [0.2, 0.25) is 0 Å². The average molecular weight is 247 g/mol. The fraction of sp³-hybridized carbons (Fsp3) is 0.667. The highest BCUT2D eigenvalue weighted by Crippen LogP contribution is 2.17. The summed E-state index contributed by atoms with van der Waals surface area (Å²) < 4.78 is 0. The van der Waals surface area contributed by atoms with Gasteiger partial charge < -0.3 is 10.2 Å². The second-order valence-corrected chi connectivity index (χ2v) is 5.34. The molecule has 1 aliphatic heterocycles. The monoisotopic (exact) mass is 247 g/mol. The molecule has 0 saturated carbocycles. The SMILES string of the molecule is CCNC1CCN(CCc2cccnc2)CC1C. The minimum Gasteiger partial charge on any atom is -0.314 e. The van der Waals surface area contributed by atoms with Crippen LogP contribution < -0.4 is 5.32 Å². The first-order chi connectivity index (χ1) is 8.79. The van der Waals surface area contributed by atoms with Gasteiger partial charge in [-0.15, -0.1) is 0 Å². The highest BCUT2D eigenvalue weighted by Gasteiger charge is 2.24. The third-order valence-electron chi connectivity index (χ3n) is 3.90. The van der Waals surface area contributed by atoms with E-state index >= 15 is 0 Å². The molecule has 0 amide bonds. The molecule has 0 aliphatic carbocycles. The van der Waals surface area contributed by atoms with Crippen LogP contribution in [0, 0.1) is 5.92 Å². The summed E-state index contributed by atoms with van der Waals surface area (Å²) in [5, 5.41) is 3.59. The Kier molecular flexibility index (Phi) is 5.14. The van der Waals surface area contributed by atoms with Gasteiger partial charge in [-0.1, -0.05) is 19.9 Å². The Morgan fingerprint density at radius 2 is 2.39 bits per heavy atom. The van der Waals surface area contributed by atoms with Crippen LogP contribution in [0.25, 0.3) is 0 Å². The summed E-state index contributed by atoms with van der Waals surface area (Å²) >= 11 is 0. The summed E-state index contributed by atoms with van der Waals surface area (Å²) in [6, 6.07) is 4.90. The second kappa shape index (κ2) is 6.86. The molecule has 0 aromatic carbocycles. The lowest BCUT2D eigenvalue weighted by Gasteiger charge is -2.37. The number of likely N-dealkylation sites (tertiary alicyclic amines) is 1. The van der Waals surface area contributed by atoms with Crippen molar-refractivity contribution in [2.24, 2.45) is 5.92 Å². The van der Waals surface area contributed by atoms with E-state index in [1.807, 2.05) is 18.5 Å². The molecule has 3 heteroatoms. The zero-order chi connectivity index (χ0) is 12.8. The van der Waals surface area contributed by atoms with Gasteiger partial charge in [-0.3, -0.25) is 4.98 Å². The lowest BCUT2D eigenvalue weighted by molar-refractivity contribution is 0.150. The summed E-state index contributed by atoms with van der Waals surface area (Å²) in [5.74, 6) is 0.757. The van der Waals surface area contributed by atoms with Crippen molar-refractivity contribution in [2.45, 2.75) is 32.7 Å². The van der Waals surface area contributed by atoms with Crippen LogP contribution >= 0.6 is 0 Å². The van der Waals surface area contributed by atoms with E-state index in [-0.39, 0.29) is 0 Å². The number of hydrogen-bond acceptors (Lipinski definition) is 3. The van der Waals surface area contributed by atoms with Gasteiger partial charge in [0, 0.05) is 31.5 Å². The summed E-state index contributed by atoms with van der Waals surface area (Å²) in [7, 11) is 0. The van der Waals surface area contributed by atoms with Gasteiger partial charge in [0.1, 0.15) is 0 Å². The van der Waals surface area contributed by atoms with Crippen LogP contribution in [-0.2, 0) is 6.42 Å². The molecule has 18 heavy (non-hydrogen) atoms. The predicted octanol–water partition coefficient (Wildman–Crippen LogP) is 1.94. The zero-order valence-corrected chi connectivity index (χ0v) is 11.6. The fourth-order valence-corrected chi connectivity index (χ4v) is 2.83. The highest BCUT2D eigenvalue weighted by atomic mass is 15.1. The number of aromatic nitrogens is 1.